The highest BCUT2D eigenvalue weighted by molar-refractivity contribution is 7.17. The summed E-state index contributed by atoms with van der Waals surface area (Å²) < 4.78 is 16.5. The Labute approximate surface area is 309 Å². The van der Waals surface area contributed by atoms with Crippen LogP contribution < -0.4 is 19.4 Å². The minimum atomic E-state index is -1.33. The van der Waals surface area contributed by atoms with E-state index in [-0.39, 0.29) is 38.9 Å². The SMILES string of the molecule is COC(=O)c1c(N2C(=O)[C@H]3[C@@H](c4ccc(OC(=O)c5ccccc5)c(OC)c4)N(c4cccc([N+](=O)[O-])c4)O[C@H]3C2=O)sc2c1CC[C@@H](C(C)(C)C)C2. The normalized spacial score (nSPS) is 20.9. The molecule has 1 aromatic heterocycles. The predicted octanol–water partition coefficient (Wildman–Crippen LogP) is 6.87. The average Bonchev–Trinajstić information content (AvgIpc) is 3.80. The third-order valence-electron chi connectivity index (χ3n) is 10.2. The molecule has 3 heterocycles. The number of rotatable bonds is 8. The van der Waals surface area contributed by atoms with Crippen LogP contribution in [0.15, 0.2) is 72.8 Å². The van der Waals surface area contributed by atoms with Crippen LogP contribution in [0.1, 0.15) is 70.0 Å². The van der Waals surface area contributed by atoms with Crippen molar-refractivity contribution in [2.75, 3.05) is 24.2 Å². The average molecular weight is 740 g/mol. The number of benzene rings is 3. The quantitative estimate of drug-likeness (QED) is 0.0611. The summed E-state index contributed by atoms with van der Waals surface area (Å²) in [5, 5.41) is 13.3. The van der Waals surface area contributed by atoms with Crippen LogP contribution in [0.4, 0.5) is 16.4 Å². The van der Waals surface area contributed by atoms with E-state index >= 15 is 0 Å². The van der Waals surface area contributed by atoms with Crippen molar-refractivity contribution in [1.82, 2.24) is 0 Å². The first kappa shape index (κ1) is 35.8. The van der Waals surface area contributed by atoms with Crippen LogP contribution in [0.3, 0.4) is 0 Å². The predicted molar refractivity (Wildman–Crippen MR) is 194 cm³/mol. The summed E-state index contributed by atoms with van der Waals surface area (Å²) in [5.74, 6) is -3.06. The third kappa shape index (κ3) is 6.31. The Bertz CT molecular complexity index is 2140. The fourth-order valence-electron chi connectivity index (χ4n) is 7.39. The van der Waals surface area contributed by atoms with Gasteiger partial charge in [-0.2, -0.15) is 0 Å². The summed E-state index contributed by atoms with van der Waals surface area (Å²) >= 11 is 1.25. The molecule has 274 valence electrons. The Morgan fingerprint density at radius 1 is 0.943 bits per heavy atom. The van der Waals surface area contributed by atoms with Gasteiger partial charge in [-0.15, -0.1) is 11.3 Å². The van der Waals surface area contributed by atoms with Gasteiger partial charge in [-0.1, -0.05) is 51.1 Å². The Morgan fingerprint density at radius 2 is 1.70 bits per heavy atom. The molecule has 13 nitrogen and oxygen atoms in total. The van der Waals surface area contributed by atoms with Gasteiger partial charge in [0, 0.05) is 17.0 Å². The van der Waals surface area contributed by atoms with Crippen LogP contribution in [0, 0.1) is 27.4 Å². The van der Waals surface area contributed by atoms with Crippen molar-refractivity contribution < 1.29 is 43.1 Å². The van der Waals surface area contributed by atoms with E-state index < -0.39 is 46.7 Å². The second-order valence-electron chi connectivity index (χ2n) is 14.3. The Morgan fingerprint density at radius 3 is 2.38 bits per heavy atom. The van der Waals surface area contributed by atoms with Crippen LogP contribution in [0.25, 0.3) is 0 Å². The van der Waals surface area contributed by atoms with Crippen molar-refractivity contribution in [2.24, 2.45) is 17.3 Å². The number of amides is 2. The van der Waals surface area contributed by atoms with E-state index in [1.54, 1.807) is 48.5 Å². The summed E-state index contributed by atoms with van der Waals surface area (Å²) in [7, 11) is 2.66. The molecule has 53 heavy (non-hydrogen) atoms. The molecule has 3 aromatic carbocycles. The van der Waals surface area contributed by atoms with Gasteiger partial charge in [0.1, 0.15) is 10.9 Å². The molecule has 4 aromatic rings. The van der Waals surface area contributed by atoms with Gasteiger partial charge in [-0.25, -0.2) is 19.6 Å². The minimum absolute atomic E-state index is 0.0110. The van der Waals surface area contributed by atoms with Gasteiger partial charge < -0.3 is 14.2 Å². The number of fused-ring (bicyclic) bond motifs is 2. The maximum Gasteiger partial charge on any atom is 0.343 e. The molecular weight excluding hydrogens is 703 g/mol. The summed E-state index contributed by atoms with van der Waals surface area (Å²) in [5.41, 5.74) is 1.79. The number of hydrogen-bond donors (Lipinski definition) is 0. The van der Waals surface area contributed by atoms with Crippen molar-refractivity contribution in [3.8, 4) is 11.5 Å². The molecule has 0 saturated carbocycles. The number of ether oxygens (including phenoxy) is 3. The van der Waals surface area contributed by atoms with E-state index in [0.717, 1.165) is 21.8 Å². The molecule has 0 unspecified atom stereocenters. The largest absolute Gasteiger partial charge is 0.493 e. The van der Waals surface area contributed by atoms with Crippen LogP contribution in [0.2, 0.25) is 0 Å². The third-order valence-corrected chi connectivity index (χ3v) is 11.5. The van der Waals surface area contributed by atoms with Crippen LogP contribution >= 0.6 is 11.3 Å². The van der Waals surface area contributed by atoms with Crippen molar-refractivity contribution >= 4 is 51.5 Å². The van der Waals surface area contributed by atoms with E-state index in [1.807, 2.05) is 0 Å². The number of thiophene rings is 1. The molecule has 7 rings (SSSR count). The van der Waals surface area contributed by atoms with Gasteiger partial charge in [-0.3, -0.25) is 24.5 Å². The van der Waals surface area contributed by atoms with E-state index in [4.69, 9.17) is 19.0 Å². The highest BCUT2D eigenvalue weighted by Gasteiger charge is 2.61. The summed E-state index contributed by atoms with van der Waals surface area (Å²) in [6.07, 6.45) is 0.797. The summed E-state index contributed by atoms with van der Waals surface area (Å²) in [4.78, 5) is 74.8. The molecule has 3 aliphatic rings. The Balaban J connectivity index is 1.30. The van der Waals surface area contributed by atoms with Crippen LogP contribution in [-0.4, -0.2) is 49.0 Å². The molecule has 0 N–H and O–H groups in total. The maximum atomic E-state index is 14.7. The first-order valence-electron chi connectivity index (χ1n) is 17.1. The molecule has 0 spiro atoms. The highest BCUT2D eigenvalue weighted by Crippen LogP contribution is 2.52. The number of anilines is 2. The van der Waals surface area contributed by atoms with E-state index in [2.05, 4.69) is 20.8 Å². The number of imide groups is 1. The maximum absolute atomic E-state index is 14.7. The first-order valence-corrected chi connectivity index (χ1v) is 17.9. The lowest BCUT2D eigenvalue weighted by Gasteiger charge is -2.33. The lowest BCUT2D eigenvalue weighted by Crippen LogP contribution is -2.37. The number of carbonyl (C=O) groups excluding carboxylic acids is 4. The van der Waals surface area contributed by atoms with Gasteiger partial charge in [0.15, 0.2) is 17.6 Å². The van der Waals surface area contributed by atoms with Crippen LogP contribution in [0.5, 0.6) is 11.5 Å². The van der Waals surface area contributed by atoms with Gasteiger partial charge in [0.2, 0.25) is 5.91 Å². The molecule has 2 saturated heterocycles. The van der Waals surface area contributed by atoms with Crippen molar-refractivity contribution in [1.29, 1.82) is 0 Å². The number of esters is 2. The molecule has 14 heteroatoms. The van der Waals surface area contributed by atoms with E-state index in [9.17, 15) is 29.3 Å². The molecular formula is C39H37N3O10S. The number of nitrogens with zero attached hydrogens (tertiary/aromatic N) is 3. The van der Waals surface area contributed by atoms with Gasteiger partial charge in [0.05, 0.1) is 42.0 Å². The van der Waals surface area contributed by atoms with Crippen LogP contribution in [-0.2, 0) is 32.0 Å². The lowest BCUT2D eigenvalue weighted by molar-refractivity contribution is -0.384. The zero-order valence-electron chi connectivity index (χ0n) is 29.7. The van der Waals surface area contributed by atoms with Gasteiger partial charge in [0.25, 0.3) is 11.6 Å². The second-order valence-corrected chi connectivity index (χ2v) is 15.3. The van der Waals surface area contributed by atoms with Gasteiger partial charge in [-0.05, 0) is 72.1 Å². The topological polar surface area (TPSA) is 155 Å². The van der Waals surface area contributed by atoms with Crippen molar-refractivity contribution in [3.63, 3.8) is 0 Å². The molecule has 1 aliphatic carbocycles. The molecule has 2 aliphatic heterocycles. The number of methoxy groups -OCH3 is 2. The second kappa shape index (κ2) is 13.7. The number of non-ortho nitro benzene ring substituents is 1. The smallest absolute Gasteiger partial charge is 0.343 e. The minimum Gasteiger partial charge on any atom is -0.493 e. The summed E-state index contributed by atoms with van der Waals surface area (Å²) in [6, 6.07) is 17.8. The lowest BCUT2D eigenvalue weighted by atomic mass is 9.72. The molecule has 2 amide bonds. The number of hydrogen-bond acceptors (Lipinski definition) is 12. The molecule has 0 bridgehead atoms. The summed E-state index contributed by atoms with van der Waals surface area (Å²) in [6.45, 7) is 6.52. The Hall–Kier alpha value is -5.60. The number of nitro groups is 1. The number of hydroxylamine groups is 1. The Kier molecular flexibility index (Phi) is 9.28. The molecule has 2 fully saturated rings. The molecule has 4 atom stereocenters. The van der Waals surface area contributed by atoms with Crippen molar-refractivity contribution in [3.05, 3.63) is 110 Å². The zero-order valence-corrected chi connectivity index (χ0v) is 30.5. The standard InChI is InChI=1S/C39H37N3O10S/c1-39(2,3)23-15-16-26-29(19-23)53-36(30(26)38(46)50-5)40-34(43)31-32(41(52-33(31)35(40)44)24-12-9-13-25(20-24)42(47)48)22-14-17-27(28(18-22)49-4)51-37(45)21-10-7-6-8-11-21/h6-14,17-18,20,23,31-33H,15-16,19H2,1-5H3/t23-,31+,32-,33-/m1/s1. The van der Waals surface area contributed by atoms with Crippen molar-refractivity contribution in [2.45, 2.75) is 52.2 Å². The zero-order chi connectivity index (χ0) is 37.8. The highest BCUT2D eigenvalue weighted by atomic mass is 32.1. The number of carbonyl (C=O) groups is 4. The molecule has 0 radical (unpaired) electrons. The first-order chi connectivity index (χ1) is 25.3. The monoisotopic (exact) mass is 739 g/mol. The van der Waals surface area contributed by atoms with E-state index in [0.29, 0.717) is 29.9 Å². The van der Waals surface area contributed by atoms with E-state index in [1.165, 1.54) is 54.9 Å². The fourth-order valence-corrected chi connectivity index (χ4v) is 8.81. The number of nitro benzene ring substituents is 1. The fraction of sp³-hybridized carbons (Fsp3) is 0.333. The van der Waals surface area contributed by atoms with Gasteiger partial charge >= 0.3 is 11.9 Å².